The topological polar surface area (TPSA) is 138 Å². The summed E-state index contributed by atoms with van der Waals surface area (Å²) in [6, 6.07) is 10.8. The predicted molar refractivity (Wildman–Crippen MR) is 116 cm³/mol. The molecule has 0 saturated carbocycles. The second kappa shape index (κ2) is 10.3. The van der Waals surface area contributed by atoms with E-state index in [1.54, 1.807) is 0 Å². The molecular formula is C24H32ClN3O6. The minimum absolute atomic E-state index is 0.126. The Balaban J connectivity index is 0.000000739. The van der Waals surface area contributed by atoms with Crippen LogP contribution in [0.15, 0.2) is 42.7 Å². The molecule has 34 heavy (non-hydrogen) atoms. The lowest BCUT2D eigenvalue weighted by Gasteiger charge is -2.20. The Morgan fingerprint density at radius 1 is 1.15 bits per heavy atom. The molecular weight excluding hydrogens is 462 g/mol. The second-order valence-corrected chi connectivity index (χ2v) is 10.5. The highest BCUT2D eigenvalue weighted by molar-refractivity contribution is 5.67. The fraction of sp³-hybridized carbons (Fsp3) is 0.417. The van der Waals surface area contributed by atoms with Gasteiger partial charge >= 0.3 is 6.09 Å². The number of alkyl carbamates (subject to hydrolysis) is 1. The van der Waals surface area contributed by atoms with Crippen LogP contribution in [0.3, 0.4) is 0 Å². The SMILES string of the molecule is CN(C)C=Cc1cc[n+]2c(c1)C(C)(C)c1cc(CNC(=O)OC(C)(C)C)ccc1-2.[O-][Cl+3]([O-])([O-])[O-]. The standard InChI is InChI=1S/C24H31N3O2.ClHO4/c1-23(2,3)29-22(28)25-16-18-8-9-20-19(14-18)24(4,5)21-15-17(10-12-26(6)7)11-13-27(20)21;2-1(3,4)5/h8-15H,16H2,1-7H3;(H,2,3,4,5). The summed E-state index contributed by atoms with van der Waals surface area (Å²) in [5, 5.41) is 2.85. The van der Waals surface area contributed by atoms with Crippen molar-refractivity contribution in [3.8, 4) is 5.69 Å². The van der Waals surface area contributed by atoms with E-state index in [1.807, 2.05) is 39.8 Å². The van der Waals surface area contributed by atoms with Crippen LogP contribution in [-0.4, -0.2) is 30.7 Å². The molecule has 0 radical (unpaired) electrons. The van der Waals surface area contributed by atoms with Gasteiger partial charge in [-0.15, -0.1) is 10.2 Å². The molecule has 0 saturated heterocycles. The van der Waals surface area contributed by atoms with E-state index >= 15 is 0 Å². The number of rotatable bonds is 4. The van der Waals surface area contributed by atoms with Gasteiger partial charge in [-0.25, -0.2) is 23.4 Å². The molecule has 9 nitrogen and oxygen atoms in total. The first-order valence-electron chi connectivity index (χ1n) is 10.6. The van der Waals surface area contributed by atoms with Crippen molar-refractivity contribution in [2.24, 2.45) is 0 Å². The number of benzene rings is 1. The van der Waals surface area contributed by atoms with Gasteiger partial charge in [-0.1, -0.05) is 6.07 Å². The smallest absolute Gasteiger partial charge is 0.407 e. The summed E-state index contributed by atoms with van der Waals surface area (Å²) >= 11 is 0. The molecule has 0 fully saturated rings. The van der Waals surface area contributed by atoms with Crippen molar-refractivity contribution in [1.29, 1.82) is 0 Å². The monoisotopic (exact) mass is 493 g/mol. The van der Waals surface area contributed by atoms with Crippen LogP contribution in [0.2, 0.25) is 0 Å². The molecule has 1 N–H and O–H groups in total. The lowest BCUT2D eigenvalue weighted by molar-refractivity contribution is -2.00. The molecule has 2 heterocycles. The maximum Gasteiger partial charge on any atom is 0.407 e. The number of ether oxygens (including phenoxy) is 1. The Morgan fingerprint density at radius 2 is 1.76 bits per heavy atom. The molecule has 1 aromatic carbocycles. The number of hydrogen-bond acceptors (Lipinski definition) is 7. The summed E-state index contributed by atoms with van der Waals surface area (Å²) in [6.45, 7) is 10.5. The molecule has 1 amide bonds. The molecule has 0 atom stereocenters. The minimum atomic E-state index is -4.94. The summed E-state index contributed by atoms with van der Waals surface area (Å²) in [7, 11) is -0.906. The number of aromatic nitrogens is 1. The van der Waals surface area contributed by atoms with E-state index in [2.05, 4.69) is 72.5 Å². The predicted octanol–water partition coefficient (Wildman–Crippen LogP) is -0.596. The van der Waals surface area contributed by atoms with Crippen molar-refractivity contribution in [1.82, 2.24) is 10.2 Å². The summed E-state index contributed by atoms with van der Waals surface area (Å²) in [5.74, 6) is 0. The summed E-state index contributed by atoms with van der Waals surface area (Å²) in [5.41, 5.74) is 5.32. The van der Waals surface area contributed by atoms with Gasteiger partial charge in [0.15, 0.2) is 11.9 Å². The average molecular weight is 494 g/mol. The zero-order chi connectivity index (χ0) is 25.9. The van der Waals surface area contributed by atoms with Crippen LogP contribution in [-0.2, 0) is 16.7 Å². The van der Waals surface area contributed by atoms with Crippen molar-refractivity contribution < 1.29 is 43.0 Å². The molecule has 0 unspecified atom stereocenters. The lowest BCUT2D eigenvalue weighted by Crippen LogP contribution is -2.68. The molecule has 1 aliphatic rings. The van der Waals surface area contributed by atoms with Crippen LogP contribution >= 0.6 is 0 Å². The van der Waals surface area contributed by atoms with E-state index in [4.69, 9.17) is 23.4 Å². The first-order valence-corrected chi connectivity index (χ1v) is 11.8. The van der Waals surface area contributed by atoms with E-state index in [0.717, 1.165) is 5.56 Å². The highest BCUT2D eigenvalue weighted by Gasteiger charge is 2.43. The van der Waals surface area contributed by atoms with Crippen LogP contribution in [0.1, 0.15) is 57.0 Å². The van der Waals surface area contributed by atoms with Gasteiger partial charge in [0, 0.05) is 44.4 Å². The van der Waals surface area contributed by atoms with E-state index in [-0.39, 0.29) is 5.41 Å². The fourth-order valence-corrected chi connectivity index (χ4v) is 3.58. The van der Waals surface area contributed by atoms with Crippen molar-refractivity contribution in [2.45, 2.75) is 52.2 Å². The molecule has 0 bridgehead atoms. The Hall–Kier alpha value is -2.69. The largest absolute Gasteiger partial charge is 0.444 e. The highest BCUT2D eigenvalue weighted by Crippen LogP contribution is 2.38. The Morgan fingerprint density at radius 3 is 2.32 bits per heavy atom. The Bertz CT molecular complexity index is 1050. The lowest BCUT2D eigenvalue weighted by atomic mass is 9.82. The van der Waals surface area contributed by atoms with Gasteiger partial charge in [-0.2, -0.15) is 4.57 Å². The summed E-state index contributed by atoms with van der Waals surface area (Å²) in [6.07, 6.45) is 5.92. The van der Waals surface area contributed by atoms with Crippen molar-refractivity contribution in [2.75, 3.05) is 14.1 Å². The van der Waals surface area contributed by atoms with Gasteiger partial charge in [-0.3, -0.25) is 0 Å². The van der Waals surface area contributed by atoms with Crippen LogP contribution in [0.5, 0.6) is 0 Å². The van der Waals surface area contributed by atoms with Gasteiger partial charge in [-0.05, 0) is 64.1 Å². The van der Waals surface area contributed by atoms with Gasteiger partial charge in [0.05, 0.1) is 5.41 Å². The van der Waals surface area contributed by atoms with Gasteiger partial charge in [0.25, 0.3) is 0 Å². The number of amides is 1. The summed E-state index contributed by atoms with van der Waals surface area (Å²) < 4.78 is 41.6. The number of carbonyl (C=O) groups is 1. The molecule has 10 heteroatoms. The molecule has 1 aromatic heterocycles. The van der Waals surface area contributed by atoms with E-state index in [9.17, 15) is 4.79 Å². The molecule has 186 valence electrons. The van der Waals surface area contributed by atoms with Crippen LogP contribution < -0.4 is 28.5 Å². The summed E-state index contributed by atoms with van der Waals surface area (Å²) in [4.78, 5) is 14.0. The normalized spacial score (nSPS) is 14.1. The minimum Gasteiger partial charge on any atom is -0.444 e. The number of nitrogens with zero attached hydrogens (tertiary/aromatic N) is 2. The Labute approximate surface area is 202 Å². The van der Waals surface area contributed by atoms with Crippen LogP contribution in [0.25, 0.3) is 11.8 Å². The first kappa shape index (κ1) is 27.6. The Kier molecular flexibility index (Phi) is 8.34. The third-order valence-corrected chi connectivity index (χ3v) is 5.01. The van der Waals surface area contributed by atoms with E-state index in [1.165, 1.54) is 22.5 Å². The van der Waals surface area contributed by atoms with Gasteiger partial charge in [0.1, 0.15) is 5.60 Å². The maximum atomic E-state index is 12.0. The first-order chi connectivity index (χ1) is 15.5. The zero-order valence-electron chi connectivity index (χ0n) is 20.5. The maximum absolute atomic E-state index is 12.0. The van der Waals surface area contributed by atoms with Gasteiger partial charge in [0.2, 0.25) is 5.69 Å². The molecule has 2 aromatic rings. The number of hydrogen-bond donors (Lipinski definition) is 1. The second-order valence-electron chi connectivity index (χ2n) is 9.70. The number of nitrogens with one attached hydrogen (secondary N) is 1. The third kappa shape index (κ3) is 7.96. The third-order valence-electron chi connectivity index (χ3n) is 5.01. The number of carbonyl (C=O) groups excluding carboxylic acids is 1. The number of pyridine rings is 1. The van der Waals surface area contributed by atoms with Crippen molar-refractivity contribution in [3.05, 3.63) is 65.1 Å². The highest BCUT2D eigenvalue weighted by atomic mass is 35.7. The average Bonchev–Trinajstić information content (AvgIpc) is 2.89. The molecule has 3 rings (SSSR count). The number of halogens is 1. The molecule has 0 spiro atoms. The molecule has 1 aliphatic heterocycles. The van der Waals surface area contributed by atoms with Gasteiger partial charge < -0.3 is 15.0 Å². The van der Waals surface area contributed by atoms with E-state index < -0.39 is 21.9 Å². The fourth-order valence-electron chi connectivity index (χ4n) is 3.58. The van der Waals surface area contributed by atoms with Crippen LogP contribution in [0, 0.1) is 10.2 Å². The quantitative estimate of drug-likeness (QED) is 0.561. The zero-order valence-corrected chi connectivity index (χ0v) is 21.3. The van der Waals surface area contributed by atoms with Crippen molar-refractivity contribution in [3.63, 3.8) is 0 Å². The van der Waals surface area contributed by atoms with Crippen LogP contribution in [0.4, 0.5) is 4.79 Å². The van der Waals surface area contributed by atoms with Crippen molar-refractivity contribution >= 4 is 12.2 Å². The molecule has 0 aliphatic carbocycles. The number of fused-ring (bicyclic) bond motifs is 3. The van der Waals surface area contributed by atoms with E-state index in [0.29, 0.717) is 6.54 Å².